The average molecular weight is 371 g/mol. The first kappa shape index (κ1) is 18.7. The van der Waals surface area contributed by atoms with Crippen LogP contribution in [0.1, 0.15) is 26.0 Å². The van der Waals surface area contributed by atoms with Crippen LogP contribution in [0.3, 0.4) is 0 Å². The van der Waals surface area contributed by atoms with Crippen LogP contribution < -0.4 is 5.32 Å². The maximum atomic E-state index is 11.2. The molecule has 0 fully saturated rings. The van der Waals surface area contributed by atoms with E-state index in [0.29, 0.717) is 35.5 Å². The Kier molecular flexibility index (Phi) is 6.60. The van der Waals surface area contributed by atoms with Crippen LogP contribution in [-0.4, -0.2) is 32.6 Å². The summed E-state index contributed by atoms with van der Waals surface area (Å²) >= 11 is 11.9. The molecule has 1 unspecified atom stereocenters. The first-order valence-electron chi connectivity index (χ1n) is 7.67. The molecule has 0 amide bonds. The summed E-state index contributed by atoms with van der Waals surface area (Å²) in [6.45, 7) is 4.87. The summed E-state index contributed by atoms with van der Waals surface area (Å²) in [6.07, 6.45) is 2.41. The number of aromatic nitrogens is 3. The highest BCUT2D eigenvalue weighted by Gasteiger charge is 2.18. The molecule has 0 saturated heterocycles. The Hall–Kier alpha value is -1.63. The van der Waals surface area contributed by atoms with E-state index in [0.717, 1.165) is 11.4 Å². The monoisotopic (exact) mass is 370 g/mol. The number of nitrogens with zero attached hydrogens (tertiary/aromatic N) is 3. The first-order valence-corrected chi connectivity index (χ1v) is 8.42. The molecule has 2 aromatic rings. The predicted molar refractivity (Wildman–Crippen MR) is 93.7 cm³/mol. The van der Waals surface area contributed by atoms with Gasteiger partial charge >= 0.3 is 5.97 Å². The fourth-order valence-corrected chi connectivity index (χ4v) is 2.64. The lowest BCUT2D eigenvalue weighted by Crippen LogP contribution is -2.29. The summed E-state index contributed by atoms with van der Waals surface area (Å²) in [4.78, 5) is 11.2. The molecule has 1 aromatic heterocycles. The molecular formula is C16H20Cl2N4O2. The van der Waals surface area contributed by atoms with E-state index in [2.05, 4.69) is 15.6 Å². The van der Waals surface area contributed by atoms with E-state index < -0.39 is 11.9 Å². The number of nitrogens with one attached hydrogen (secondary N) is 1. The normalized spacial score (nSPS) is 12.5. The lowest BCUT2D eigenvalue weighted by molar-refractivity contribution is -0.142. The molecule has 0 aliphatic heterocycles. The van der Waals surface area contributed by atoms with Crippen LogP contribution in [0.2, 0.25) is 10.0 Å². The minimum atomic E-state index is -0.782. The molecule has 2 rings (SSSR count). The lowest BCUT2D eigenvalue weighted by atomic mass is 9.97. The van der Waals surface area contributed by atoms with Gasteiger partial charge in [0.2, 0.25) is 0 Å². The van der Waals surface area contributed by atoms with Crippen LogP contribution in [-0.2, 0) is 11.3 Å². The Morgan fingerprint density at radius 3 is 2.71 bits per heavy atom. The van der Waals surface area contributed by atoms with Crippen LogP contribution in [0.25, 0.3) is 5.69 Å². The van der Waals surface area contributed by atoms with Crippen LogP contribution >= 0.6 is 23.2 Å². The number of benzene rings is 1. The van der Waals surface area contributed by atoms with Gasteiger partial charge in [0, 0.05) is 13.1 Å². The second-order valence-electron chi connectivity index (χ2n) is 6.05. The molecule has 1 heterocycles. The quantitative estimate of drug-likeness (QED) is 0.743. The van der Waals surface area contributed by atoms with Crippen molar-refractivity contribution in [1.82, 2.24) is 20.3 Å². The lowest BCUT2D eigenvalue weighted by Gasteiger charge is -2.14. The van der Waals surface area contributed by atoms with Gasteiger partial charge in [-0.1, -0.05) is 42.3 Å². The van der Waals surface area contributed by atoms with Crippen LogP contribution in [0.15, 0.2) is 24.4 Å². The Labute approximate surface area is 150 Å². The number of carboxylic acids is 1. The van der Waals surface area contributed by atoms with Gasteiger partial charge in [0.1, 0.15) is 0 Å². The number of carbonyl (C=O) groups is 1. The molecule has 0 aliphatic carbocycles. The first-order chi connectivity index (χ1) is 11.4. The van der Waals surface area contributed by atoms with Crippen molar-refractivity contribution in [2.45, 2.75) is 26.8 Å². The molecule has 130 valence electrons. The zero-order chi connectivity index (χ0) is 17.7. The van der Waals surface area contributed by atoms with Crippen molar-refractivity contribution in [1.29, 1.82) is 0 Å². The Balaban J connectivity index is 1.94. The van der Waals surface area contributed by atoms with Crippen molar-refractivity contribution in [3.05, 3.63) is 40.1 Å². The number of hydrogen-bond acceptors (Lipinski definition) is 4. The molecule has 6 nitrogen and oxygen atoms in total. The second kappa shape index (κ2) is 8.46. The summed E-state index contributed by atoms with van der Waals surface area (Å²) < 4.78 is 1.60. The van der Waals surface area contributed by atoms with Crippen molar-refractivity contribution in [2.75, 3.05) is 6.54 Å². The van der Waals surface area contributed by atoms with Gasteiger partial charge < -0.3 is 10.4 Å². The van der Waals surface area contributed by atoms with Crippen molar-refractivity contribution in [3.8, 4) is 5.69 Å². The molecule has 1 atom stereocenters. The van der Waals surface area contributed by atoms with Crippen LogP contribution in [0.4, 0.5) is 0 Å². The summed E-state index contributed by atoms with van der Waals surface area (Å²) in [5, 5.41) is 21.4. The topological polar surface area (TPSA) is 80.0 Å². The maximum absolute atomic E-state index is 11.2. The Morgan fingerprint density at radius 1 is 1.33 bits per heavy atom. The van der Waals surface area contributed by atoms with E-state index >= 15 is 0 Å². The third kappa shape index (κ3) is 5.19. The van der Waals surface area contributed by atoms with Gasteiger partial charge in [-0.2, -0.15) is 0 Å². The zero-order valence-corrected chi connectivity index (χ0v) is 15.1. The second-order valence-corrected chi connectivity index (χ2v) is 6.86. The minimum absolute atomic E-state index is 0.337. The van der Waals surface area contributed by atoms with Gasteiger partial charge in [-0.3, -0.25) is 4.79 Å². The third-order valence-corrected chi connectivity index (χ3v) is 4.25. The van der Waals surface area contributed by atoms with Gasteiger partial charge in [0.25, 0.3) is 0 Å². The van der Waals surface area contributed by atoms with E-state index in [9.17, 15) is 9.90 Å². The van der Waals surface area contributed by atoms with Gasteiger partial charge in [-0.15, -0.1) is 5.10 Å². The molecule has 0 aliphatic rings. The molecule has 0 radical (unpaired) electrons. The number of carboxylic acid groups (broad SMARTS) is 1. The Bertz CT molecular complexity index is 703. The number of halogens is 2. The van der Waals surface area contributed by atoms with Crippen LogP contribution in [0.5, 0.6) is 0 Å². The molecule has 2 N–H and O–H groups in total. The predicted octanol–water partition coefficient (Wildman–Crippen LogP) is 3.41. The molecule has 0 saturated carbocycles. The highest BCUT2D eigenvalue weighted by molar-refractivity contribution is 6.42. The number of hydrogen-bond donors (Lipinski definition) is 2. The molecular weight excluding hydrogens is 351 g/mol. The summed E-state index contributed by atoms with van der Waals surface area (Å²) in [6, 6.07) is 5.20. The van der Waals surface area contributed by atoms with Crippen molar-refractivity contribution >= 4 is 29.2 Å². The maximum Gasteiger partial charge on any atom is 0.307 e. The average Bonchev–Trinajstić information content (AvgIpc) is 2.97. The van der Waals surface area contributed by atoms with Gasteiger partial charge in [0.05, 0.1) is 33.5 Å². The summed E-state index contributed by atoms with van der Waals surface area (Å²) in [7, 11) is 0. The molecule has 0 bridgehead atoms. The van der Waals surface area contributed by atoms with Crippen molar-refractivity contribution in [3.63, 3.8) is 0 Å². The smallest absolute Gasteiger partial charge is 0.307 e. The Morgan fingerprint density at radius 2 is 2.08 bits per heavy atom. The summed E-state index contributed by atoms with van der Waals surface area (Å²) in [5.41, 5.74) is 1.47. The number of rotatable bonds is 8. The molecule has 0 spiro atoms. The van der Waals surface area contributed by atoms with E-state index in [-0.39, 0.29) is 0 Å². The zero-order valence-electron chi connectivity index (χ0n) is 13.5. The van der Waals surface area contributed by atoms with Gasteiger partial charge in [-0.05, 0) is 30.5 Å². The summed E-state index contributed by atoms with van der Waals surface area (Å²) in [5.74, 6) is -0.853. The fourth-order valence-electron chi connectivity index (χ4n) is 2.35. The van der Waals surface area contributed by atoms with E-state index in [1.165, 1.54) is 0 Å². The third-order valence-electron chi connectivity index (χ3n) is 3.51. The SMILES string of the molecule is CC(C)CC(CNCc1cn(-c2ccc(Cl)c(Cl)c2)nn1)C(=O)O. The van der Waals surface area contributed by atoms with Crippen molar-refractivity contribution < 1.29 is 9.90 Å². The highest BCUT2D eigenvalue weighted by atomic mass is 35.5. The van der Waals surface area contributed by atoms with Crippen LogP contribution in [0, 0.1) is 11.8 Å². The largest absolute Gasteiger partial charge is 0.481 e. The highest BCUT2D eigenvalue weighted by Crippen LogP contribution is 2.24. The fraction of sp³-hybridized carbons (Fsp3) is 0.438. The molecule has 24 heavy (non-hydrogen) atoms. The van der Waals surface area contributed by atoms with Gasteiger partial charge in [0.15, 0.2) is 0 Å². The van der Waals surface area contributed by atoms with Crippen molar-refractivity contribution in [2.24, 2.45) is 11.8 Å². The van der Waals surface area contributed by atoms with E-state index in [1.807, 2.05) is 13.8 Å². The minimum Gasteiger partial charge on any atom is -0.481 e. The van der Waals surface area contributed by atoms with E-state index in [1.54, 1.807) is 29.1 Å². The molecule has 1 aromatic carbocycles. The van der Waals surface area contributed by atoms with Gasteiger partial charge in [-0.25, -0.2) is 4.68 Å². The number of aliphatic carboxylic acids is 1. The molecule has 8 heteroatoms. The van der Waals surface area contributed by atoms with E-state index in [4.69, 9.17) is 23.2 Å². The standard InChI is InChI=1S/C16H20Cl2N4O2/c1-10(2)5-11(16(23)24)7-19-8-12-9-22(21-20-12)13-3-4-14(17)15(18)6-13/h3-4,6,9-11,19H,5,7-8H2,1-2H3,(H,23,24).